The number of benzene rings is 1. The predicted octanol–water partition coefficient (Wildman–Crippen LogP) is 3.78. The van der Waals surface area contributed by atoms with Crippen molar-refractivity contribution < 1.29 is 43.3 Å². The molecule has 7 atom stereocenters. The van der Waals surface area contributed by atoms with E-state index >= 15 is 0 Å². The first-order chi connectivity index (χ1) is 18.6. The van der Waals surface area contributed by atoms with E-state index < -0.39 is 70.8 Å². The summed E-state index contributed by atoms with van der Waals surface area (Å²) in [6.45, 7) is 13.0. The number of ether oxygens (including phenoxy) is 3. The van der Waals surface area contributed by atoms with Crippen LogP contribution in [0.1, 0.15) is 64.7 Å². The van der Waals surface area contributed by atoms with E-state index in [0.29, 0.717) is 0 Å². The number of ketones is 2. The number of allylic oxidation sites excluding steroid dienone is 2. The van der Waals surface area contributed by atoms with Crippen LogP contribution < -0.4 is 0 Å². The molecule has 1 aromatic carbocycles. The van der Waals surface area contributed by atoms with Gasteiger partial charge in [-0.15, -0.1) is 0 Å². The second-order valence-electron chi connectivity index (χ2n) is 11.4. The number of Topliss-reactive ketones (excluding diaryl/α,β-unsaturated/α-hetero) is 2. The van der Waals surface area contributed by atoms with E-state index in [1.807, 2.05) is 0 Å². The molecule has 0 spiro atoms. The number of carbonyl (C=O) groups is 5. The molecule has 9 heteroatoms. The Morgan fingerprint density at radius 2 is 1.57 bits per heavy atom. The summed E-state index contributed by atoms with van der Waals surface area (Å²) in [5.41, 5.74) is -2.89. The van der Waals surface area contributed by atoms with Crippen LogP contribution in [0.5, 0.6) is 0 Å². The first-order valence-electron chi connectivity index (χ1n) is 13.4. The average Bonchev–Trinajstić information content (AvgIpc) is 3.13. The summed E-state index contributed by atoms with van der Waals surface area (Å²) in [6, 6.07) is 8.22. The Morgan fingerprint density at radius 1 is 0.975 bits per heavy atom. The van der Waals surface area contributed by atoms with Crippen molar-refractivity contribution in [2.45, 2.75) is 78.3 Å². The molecule has 0 heterocycles. The molecule has 0 radical (unpaired) electrons. The van der Waals surface area contributed by atoms with Crippen molar-refractivity contribution in [2.75, 3.05) is 0 Å². The van der Waals surface area contributed by atoms with Gasteiger partial charge in [0.2, 0.25) is 0 Å². The topological polar surface area (TPSA) is 133 Å². The minimum Gasteiger partial charge on any atom is -0.458 e. The molecule has 0 aromatic heterocycles. The number of fused-ring (bicyclic) bond motifs is 1. The van der Waals surface area contributed by atoms with Gasteiger partial charge in [0.05, 0.1) is 11.5 Å². The highest BCUT2D eigenvalue weighted by Crippen LogP contribution is 2.48. The van der Waals surface area contributed by atoms with Gasteiger partial charge in [-0.3, -0.25) is 19.2 Å². The van der Waals surface area contributed by atoms with E-state index in [1.165, 1.54) is 6.92 Å². The maximum Gasteiger partial charge on any atom is 0.338 e. The number of aliphatic hydroxyl groups is 1. The van der Waals surface area contributed by atoms with Gasteiger partial charge < -0.3 is 19.3 Å². The number of rotatable bonds is 4. The lowest BCUT2D eigenvalue weighted by molar-refractivity contribution is -0.166. The van der Waals surface area contributed by atoms with E-state index in [1.54, 1.807) is 70.2 Å². The zero-order chi connectivity index (χ0) is 30.0. The third-order valence-electron chi connectivity index (χ3n) is 7.79. The maximum atomic E-state index is 13.9. The van der Waals surface area contributed by atoms with Gasteiger partial charge in [-0.1, -0.05) is 50.8 Å². The quantitative estimate of drug-likeness (QED) is 0.335. The first kappa shape index (κ1) is 30.9. The van der Waals surface area contributed by atoms with Gasteiger partial charge in [-0.25, -0.2) is 4.79 Å². The summed E-state index contributed by atoms with van der Waals surface area (Å²) < 4.78 is 17.1. The summed E-state index contributed by atoms with van der Waals surface area (Å²) in [4.78, 5) is 64.8. The predicted molar refractivity (Wildman–Crippen MR) is 145 cm³/mol. The number of hydrogen-bond donors (Lipinski definition) is 1. The lowest BCUT2D eigenvalue weighted by Crippen LogP contribution is -2.55. The Hall–Kier alpha value is -3.59. The second kappa shape index (κ2) is 11.9. The third-order valence-corrected chi connectivity index (χ3v) is 7.79. The summed E-state index contributed by atoms with van der Waals surface area (Å²) in [7, 11) is 0. The van der Waals surface area contributed by atoms with Crippen molar-refractivity contribution in [3.63, 3.8) is 0 Å². The van der Waals surface area contributed by atoms with Crippen LogP contribution in [0.2, 0.25) is 0 Å². The zero-order valence-electron chi connectivity index (χ0n) is 23.8. The molecular formula is C31H38O9. The minimum absolute atomic E-state index is 0.00200. The molecule has 2 aliphatic carbocycles. The Morgan fingerprint density at radius 3 is 2.15 bits per heavy atom. The number of hydrogen-bond acceptors (Lipinski definition) is 9. The van der Waals surface area contributed by atoms with E-state index in [0.717, 1.165) is 6.92 Å². The molecule has 7 unspecified atom stereocenters. The van der Waals surface area contributed by atoms with Crippen molar-refractivity contribution >= 4 is 29.5 Å². The SMILES string of the molecule is C=C1C(OC(C)=O)CC(=O)C(C)(C)C=CC(C)C(=O)C2(O)CC(C)C(OC(=O)c3ccccc3)C2C1OC(C)=O. The van der Waals surface area contributed by atoms with Gasteiger partial charge in [0.1, 0.15) is 29.7 Å². The van der Waals surface area contributed by atoms with E-state index in [4.69, 9.17) is 14.2 Å². The molecule has 0 bridgehead atoms. The summed E-state index contributed by atoms with van der Waals surface area (Å²) in [5.74, 6) is -5.70. The second-order valence-corrected chi connectivity index (χ2v) is 11.4. The molecular weight excluding hydrogens is 516 g/mol. The minimum atomic E-state index is -2.11. The van der Waals surface area contributed by atoms with Gasteiger partial charge >= 0.3 is 17.9 Å². The van der Waals surface area contributed by atoms with Crippen molar-refractivity contribution in [1.29, 1.82) is 0 Å². The van der Waals surface area contributed by atoms with Crippen LogP contribution in [0, 0.1) is 23.2 Å². The molecule has 1 aromatic rings. The van der Waals surface area contributed by atoms with Gasteiger partial charge in [-0.05, 0) is 38.3 Å². The fraction of sp³-hybridized carbons (Fsp3) is 0.516. The molecule has 0 saturated heterocycles. The molecule has 0 aliphatic heterocycles. The molecule has 1 saturated carbocycles. The molecule has 1 N–H and O–H groups in total. The van der Waals surface area contributed by atoms with Crippen LogP contribution >= 0.6 is 0 Å². The zero-order valence-corrected chi connectivity index (χ0v) is 23.8. The largest absolute Gasteiger partial charge is 0.458 e. The highest BCUT2D eigenvalue weighted by Gasteiger charge is 2.62. The lowest BCUT2D eigenvalue weighted by Gasteiger charge is -2.40. The molecule has 2 aliphatic rings. The molecule has 40 heavy (non-hydrogen) atoms. The summed E-state index contributed by atoms with van der Waals surface area (Å²) >= 11 is 0. The van der Waals surface area contributed by atoms with E-state index in [2.05, 4.69) is 6.58 Å². The van der Waals surface area contributed by atoms with Crippen molar-refractivity contribution in [2.24, 2.45) is 23.2 Å². The van der Waals surface area contributed by atoms with Crippen molar-refractivity contribution in [3.8, 4) is 0 Å². The third kappa shape index (κ3) is 6.41. The highest BCUT2D eigenvalue weighted by molar-refractivity contribution is 5.93. The van der Waals surface area contributed by atoms with Crippen LogP contribution in [0.15, 0.2) is 54.6 Å². The Kier molecular flexibility index (Phi) is 9.19. The highest BCUT2D eigenvalue weighted by atomic mass is 16.6. The Balaban J connectivity index is 2.22. The average molecular weight is 555 g/mol. The molecule has 9 nitrogen and oxygen atoms in total. The van der Waals surface area contributed by atoms with E-state index in [-0.39, 0.29) is 29.8 Å². The van der Waals surface area contributed by atoms with Crippen molar-refractivity contribution in [3.05, 3.63) is 60.2 Å². The van der Waals surface area contributed by atoms with E-state index in [9.17, 15) is 29.1 Å². The fourth-order valence-electron chi connectivity index (χ4n) is 5.59. The van der Waals surface area contributed by atoms with Crippen LogP contribution in [0.4, 0.5) is 0 Å². The maximum absolute atomic E-state index is 13.9. The monoisotopic (exact) mass is 554 g/mol. The molecule has 3 rings (SSSR count). The Bertz CT molecular complexity index is 1210. The van der Waals surface area contributed by atoms with Gasteiger partial charge in [-0.2, -0.15) is 0 Å². The van der Waals surface area contributed by atoms with Gasteiger partial charge in [0, 0.05) is 37.2 Å². The van der Waals surface area contributed by atoms with Gasteiger partial charge in [0.25, 0.3) is 0 Å². The number of esters is 3. The standard InChI is InChI=1S/C31H38O9/c1-17-13-14-30(6,7)24(34)15-23(38-20(4)32)19(3)27(39-21(5)33)25-26(18(2)16-31(25,37)28(17)35)40-29(36)22-11-9-8-10-12-22/h8-14,17-18,23,25-27,37H,3,15-16H2,1-2,4-7H3. The molecule has 0 amide bonds. The number of carbonyl (C=O) groups excluding carboxylic acids is 5. The summed E-state index contributed by atoms with van der Waals surface area (Å²) in [6.07, 6.45) is -0.980. The van der Waals surface area contributed by atoms with Gasteiger partial charge in [0.15, 0.2) is 5.78 Å². The molecule has 216 valence electrons. The normalized spacial score (nSPS) is 32.3. The smallest absolute Gasteiger partial charge is 0.338 e. The first-order valence-corrected chi connectivity index (χ1v) is 13.4. The van der Waals surface area contributed by atoms with Crippen LogP contribution in [-0.2, 0) is 33.4 Å². The molecule has 1 fully saturated rings. The summed E-state index contributed by atoms with van der Waals surface area (Å²) in [5, 5.41) is 12.1. The lowest BCUT2D eigenvalue weighted by atomic mass is 9.73. The van der Waals surface area contributed by atoms with Crippen LogP contribution in [0.25, 0.3) is 0 Å². The van der Waals surface area contributed by atoms with Crippen LogP contribution in [-0.4, -0.2) is 58.5 Å². The Labute approximate surface area is 234 Å². The van der Waals surface area contributed by atoms with Crippen molar-refractivity contribution in [1.82, 2.24) is 0 Å². The fourth-order valence-corrected chi connectivity index (χ4v) is 5.59. The van der Waals surface area contributed by atoms with Crippen LogP contribution in [0.3, 0.4) is 0 Å².